The van der Waals surface area contributed by atoms with Gasteiger partial charge in [-0.15, -0.1) is 0 Å². The number of benzene rings is 1. The number of aryl methyl sites for hydroxylation is 1. The van der Waals surface area contributed by atoms with Crippen LogP contribution in [0.15, 0.2) is 18.2 Å². The average Bonchev–Trinajstić information content (AvgIpc) is 2.35. The van der Waals surface area contributed by atoms with Crippen molar-refractivity contribution in [2.75, 3.05) is 5.32 Å². The summed E-state index contributed by atoms with van der Waals surface area (Å²) in [6.07, 6.45) is 2.07. The van der Waals surface area contributed by atoms with Crippen molar-refractivity contribution in [3.63, 3.8) is 0 Å². The van der Waals surface area contributed by atoms with Crippen molar-refractivity contribution in [3.8, 4) is 0 Å². The van der Waals surface area contributed by atoms with Crippen LogP contribution in [0.4, 0.5) is 5.69 Å². The minimum Gasteiger partial charge on any atom is -0.370 e. The minimum atomic E-state index is -0.337. The highest BCUT2D eigenvalue weighted by Crippen LogP contribution is 2.26. The number of nitrogens with one attached hydrogen (secondary N) is 1. The summed E-state index contributed by atoms with van der Waals surface area (Å²) < 4.78 is 0. The monoisotopic (exact) mass is 247 g/mol. The summed E-state index contributed by atoms with van der Waals surface area (Å²) in [4.78, 5) is 22.0. The van der Waals surface area contributed by atoms with Crippen molar-refractivity contribution >= 4 is 17.5 Å². The maximum Gasteiger partial charge on any atom is 0.224 e. The van der Waals surface area contributed by atoms with Crippen molar-refractivity contribution < 1.29 is 9.59 Å². The van der Waals surface area contributed by atoms with Crippen LogP contribution in [0.1, 0.15) is 36.4 Å². The third kappa shape index (κ3) is 2.87. The number of hydrogen-bond acceptors (Lipinski definition) is 3. The highest BCUT2D eigenvalue weighted by atomic mass is 16.1. The Kier molecular flexibility index (Phi) is 3.62. The van der Waals surface area contributed by atoms with E-state index in [2.05, 4.69) is 5.32 Å². The molecule has 1 unspecified atom stereocenters. The number of carbonyl (C=O) groups excluding carboxylic acids is 2. The molecule has 0 spiro atoms. The van der Waals surface area contributed by atoms with Gasteiger partial charge in [0.2, 0.25) is 11.8 Å². The molecule has 18 heavy (non-hydrogen) atoms. The molecule has 1 aliphatic heterocycles. The molecule has 0 fully saturated rings. The van der Waals surface area contributed by atoms with E-state index in [1.807, 2.05) is 18.2 Å². The Labute approximate surface area is 106 Å². The first-order valence-corrected chi connectivity index (χ1v) is 6.03. The van der Waals surface area contributed by atoms with Crippen molar-refractivity contribution in [2.45, 2.75) is 31.7 Å². The number of carbonyl (C=O) groups is 2. The van der Waals surface area contributed by atoms with E-state index >= 15 is 0 Å². The van der Waals surface area contributed by atoms with Crippen molar-refractivity contribution in [1.29, 1.82) is 0 Å². The van der Waals surface area contributed by atoms with Gasteiger partial charge in [-0.05, 0) is 30.0 Å². The number of fused-ring (bicyclic) bond motifs is 1. The van der Waals surface area contributed by atoms with Crippen LogP contribution in [0.5, 0.6) is 0 Å². The number of anilines is 1. The van der Waals surface area contributed by atoms with E-state index in [1.54, 1.807) is 0 Å². The summed E-state index contributed by atoms with van der Waals surface area (Å²) in [5.74, 6) is -0.288. The van der Waals surface area contributed by atoms with Crippen LogP contribution in [0, 0.1) is 0 Å². The molecule has 0 saturated heterocycles. The normalized spacial score (nSPS) is 15.7. The summed E-state index contributed by atoms with van der Waals surface area (Å²) in [5, 5.41) is 2.82. The van der Waals surface area contributed by atoms with Crippen LogP contribution in [0.3, 0.4) is 0 Å². The smallest absolute Gasteiger partial charge is 0.224 e. The molecular formula is C13H17N3O2. The third-order valence-corrected chi connectivity index (χ3v) is 3.15. The molecule has 1 aliphatic rings. The molecule has 1 atom stereocenters. The summed E-state index contributed by atoms with van der Waals surface area (Å²) in [5.41, 5.74) is 14.0. The lowest BCUT2D eigenvalue weighted by molar-refractivity contribution is -0.118. The Hall–Kier alpha value is -1.88. The molecule has 96 valence electrons. The van der Waals surface area contributed by atoms with E-state index in [-0.39, 0.29) is 24.3 Å². The van der Waals surface area contributed by atoms with Gasteiger partial charge in [0.25, 0.3) is 0 Å². The lowest BCUT2D eigenvalue weighted by Gasteiger charge is -2.19. The van der Waals surface area contributed by atoms with Crippen LogP contribution < -0.4 is 16.8 Å². The van der Waals surface area contributed by atoms with E-state index in [1.165, 1.54) is 0 Å². The van der Waals surface area contributed by atoms with Crippen molar-refractivity contribution in [3.05, 3.63) is 29.3 Å². The lowest BCUT2D eigenvalue weighted by atomic mass is 9.96. The first kappa shape index (κ1) is 12.6. The summed E-state index contributed by atoms with van der Waals surface area (Å²) in [6, 6.07) is 5.56. The molecule has 0 bridgehead atoms. The molecular weight excluding hydrogens is 230 g/mol. The quantitative estimate of drug-likeness (QED) is 0.735. The first-order chi connectivity index (χ1) is 8.56. The van der Waals surface area contributed by atoms with Crippen molar-refractivity contribution in [2.24, 2.45) is 11.5 Å². The maximum absolute atomic E-state index is 11.2. The zero-order valence-corrected chi connectivity index (χ0v) is 10.1. The third-order valence-electron chi connectivity index (χ3n) is 3.15. The fourth-order valence-corrected chi connectivity index (χ4v) is 2.10. The molecule has 0 aromatic heterocycles. The van der Waals surface area contributed by atoms with Gasteiger partial charge >= 0.3 is 0 Å². The van der Waals surface area contributed by atoms with Gasteiger partial charge in [-0.2, -0.15) is 0 Å². The van der Waals surface area contributed by atoms with Crippen molar-refractivity contribution in [1.82, 2.24) is 0 Å². The Bertz CT molecular complexity index is 485. The zero-order chi connectivity index (χ0) is 13.1. The van der Waals surface area contributed by atoms with E-state index < -0.39 is 0 Å². The molecule has 0 aliphatic carbocycles. The summed E-state index contributed by atoms with van der Waals surface area (Å²) >= 11 is 0. The zero-order valence-electron chi connectivity index (χ0n) is 10.1. The molecule has 1 aromatic carbocycles. The number of nitrogens with two attached hydrogens (primary N) is 2. The Morgan fingerprint density at radius 1 is 1.39 bits per heavy atom. The maximum atomic E-state index is 11.2. The van der Waals surface area contributed by atoms with Gasteiger partial charge in [-0.1, -0.05) is 12.1 Å². The van der Waals surface area contributed by atoms with Crippen LogP contribution in [-0.2, 0) is 16.0 Å². The molecule has 2 rings (SSSR count). The Balaban J connectivity index is 2.11. The summed E-state index contributed by atoms with van der Waals surface area (Å²) in [6.45, 7) is 0. The minimum absolute atomic E-state index is 0.0493. The largest absolute Gasteiger partial charge is 0.370 e. The van der Waals surface area contributed by atoms with E-state index in [0.29, 0.717) is 12.8 Å². The number of primary amides is 1. The summed E-state index contributed by atoms with van der Waals surface area (Å²) in [7, 11) is 0. The van der Waals surface area contributed by atoms with E-state index in [4.69, 9.17) is 11.5 Å². The van der Waals surface area contributed by atoms with Crippen LogP contribution in [-0.4, -0.2) is 11.8 Å². The Morgan fingerprint density at radius 2 is 2.17 bits per heavy atom. The number of hydrogen-bond donors (Lipinski definition) is 3. The van der Waals surface area contributed by atoms with Gasteiger partial charge < -0.3 is 16.8 Å². The molecule has 0 saturated carbocycles. The second-order valence-corrected chi connectivity index (χ2v) is 4.58. The molecule has 5 N–H and O–H groups in total. The van der Waals surface area contributed by atoms with E-state index in [0.717, 1.165) is 23.2 Å². The van der Waals surface area contributed by atoms with Gasteiger partial charge in [0.1, 0.15) is 0 Å². The molecule has 5 heteroatoms. The topological polar surface area (TPSA) is 98.2 Å². The fourth-order valence-electron chi connectivity index (χ4n) is 2.10. The Morgan fingerprint density at radius 3 is 2.89 bits per heavy atom. The molecule has 1 heterocycles. The molecule has 2 amide bonds. The first-order valence-electron chi connectivity index (χ1n) is 6.03. The highest BCUT2D eigenvalue weighted by molar-refractivity contribution is 5.93. The van der Waals surface area contributed by atoms with Gasteiger partial charge in [0, 0.05) is 24.6 Å². The van der Waals surface area contributed by atoms with Gasteiger partial charge in [0.05, 0.1) is 0 Å². The van der Waals surface area contributed by atoms with Crippen LogP contribution in [0.25, 0.3) is 0 Å². The highest BCUT2D eigenvalue weighted by Gasteiger charge is 2.16. The SMILES string of the molecule is NC(=O)CCC(N)c1ccc2c(c1)CCC(=O)N2. The predicted octanol–water partition coefficient (Wildman–Crippen LogP) is 0.837. The van der Waals surface area contributed by atoms with Crippen LogP contribution in [0.2, 0.25) is 0 Å². The second-order valence-electron chi connectivity index (χ2n) is 4.58. The number of rotatable bonds is 4. The standard InChI is InChI=1S/C13H17N3O2/c14-10(3-5-12(15)17)8-1-4-11-9(7-8)2-6-13(18)16-11/h1,4,7,10H,2-3,5-6,14H2,(H2,15,17)(H,16,18). The van der Waals surface area contributed by atoms with Gasteiger partial charge in [-0.3, -0.25) is 9.59 Å². The van der Waals surface area contributed by atoms with Crippen LogP contribution >= 0.6 is 0 Å². The van der Waals surface area contributed by atoms with E-state index in [9.17, 15) is 9.59 Å². The average molecular weight is 247 g/mol. The molecule has 1 aromatic rings. The predicted molar refractivity (Wildman–Crippen MR) is 68.7 cm³/mol. The van der Waals surface area contributed by atoms with Gasteiger partial charge in [-0.25, -0.2) is 0 Å². The van der Waals surface area contributed by atoms with Gasteiger partial charge in [0.15, 0.2) is 0 Å². The lowest BCUT2D eigenvalue weighted by Crippen LogP contribution is -2.20. The second kappa shape index (κ2) is 5.18. The molecule has 5 nitrogen and oxygen atoms in total. The molecule has 0 radical (unpaired) electrons. The fraction of sp³-hybridized carbons (Fsp3) is 0.385. The number of amides is 2.